The van der Waals surface area contributed by atoms with Crippen LogP contribution < -0.4 is 16.0 Å². The number of benzene rings is 1. The smallest absolute Gasteiger partial charge is 0.322 e. The summed E-state index contributed by atoms with van der Waals surface area (Å²) in [6.45, 7) is 6.49. The Morgan fingerprint density at radius 3 is 2.92 bits per heavy atom. The van der Waals surface area contributed by atoms with Crippen LogP contribution >= 0.6 is 0 Å². The van der Waals surface area contributed by atoms with Gasteiger partial charge in [-0.1, -0.05) is 6.92 Å². The number of carbonyl (C=O) groups is 2. The number of hydrogen-bond acceptors (Lipinski definition) is 4. The molecule has 1 aliphatic heterocycles. The number of piperazine rings is 1. The molecule has 0 spiro atoms. The molecule has 2 amide bonds. The lowest BCUT2D eigenvalue weighted by atomic mass is 10.0. The van der Waals surface area contributed by atoms with Crippen LogP contribution in [0.2, 0.25) is 0 Å². The molecular formula is C18H28N4O2. The molecule has 0 saturated carbocycles. The van der Waals surface area contributed by atoms with Gasteiger partial charge in [0.25, 0.3) is 0 Å². The Morgan fingerprint density at radius 2 is 2.25 bits per heavy atom. The summed E-state index contributed by atoms with van der Waals surface area (Å²) in [6, 6.07) is 4.10. The van der Waals surface area contributed by atoms with Gasteiger partial charge in [0.2, 0.25) is 0 Å². The van der Waals surface area contributed by atoms with Gasteiger partial charge in [-0.15, -0.1) is 0 Å². The highest BCUT2D eigenvalue weighted by molar-refractivity contribution is 5.90. The van der Waals surface area contributed by atoms with E-state index in [-0.39, 0.29) is 12.1 Å². The zero-order chi connectivity index (χ0) is 17.5. The van der Waals surface area contributed by atoms with E-state index < -0.39 is 0 Å². The highest BCUT2D eigenvalue weighted by Gasteiger charge is 2.25. The second-order valence-corrected chi connectivity index (χ2v) is 6.17. The number of urea groups is 1. The maximum absolute atomic E-state index is 12.6. The van der Waals surface area contributed by atoms with Gasteiger partial charge in [-0.05, 0) is 43.0 Å². The Morgan fingerprint density at radius 1 is 1.46 bits per heavy atom. The van der Waals surface area contributed by atoms with Crippen molar-refractivity contribution in [1.82, 2.24) is 10.2 Å². The predicted molar refractivity (Wildman–Crippen MR) is 97.8 cm³/mol. The number of amides is 2. The fourth-order valence-corrected chi connectivity index (χ4v) is 3.29. The van der Waals surface area contributed by atoms with Gasteiger partial charge in [-0.3, -0.25) is 0 Å². The molecule has 1 atom stereocenters. The molecule has 1 aliphatic rings. The first-order chi connectivity index (χ1) is 11.6. The van der Waals surface area contributed by atoms with Crippen LogP contribution in [0.5, 0.6) is 0 Å². The fraction of sp³-hybridized carbons (Fsp3) is 0.556. The third kappa shape index (κ3) is 4.26. The molecule has 1 saturated heterocycles. The highest BCUT2D eigenvalue weighted by atomic mass is 16.2. The molecule has 1 aromatic rings. The van der Waals surface area contributed by atoms with Crippen molar-refractivity contribution in [3.8, 4) is 0 Å². The van der Waals surface area contributed by atoms with Gasteiger partial charge in [0.05, 0.1) is 0 Å². The first-order valence-corrected chi connectivity index (χ1v) is 8.64. The van der Waals surface area contributed by atoms with Crippen LogP contribution in [-0.4, -0.2) is 49.9 Å². The summed E-state index contributed by atoms with van der Waals surface area (Å²) >= 11 is 0. The number of rotatable bonds is 6. The first-order valence-electron chi connectivity index (χ1n) is 8.64. The van der Waals surface area contributed by atoms with Crippen LogP contribution in [0.15, 0.2) is 12.1 Å². The standard InChI is InChI=1S/C18H28N4O2/c1-4-16-12-20-7-8-22(16)18(24)21-15-10-13(2)17(19-3)14(11-15)6-5-9-23/h9-11,16,19-20H,4-8,12H2,1-3H3,(H,21,24). The van der Waals surface area contributed by atoms with E-state index in [1.165, 1.54) is 0 Å². The summed E-state index contributed by atoms with van der Waals surface area (Å²) in [6.07, 6.45) is 2.99. The third-order valence-corrected chi connectivity index (χ3v) is 4.53. The van der Waals surface area contributed by atoms with Crippen LogP contribution in [-0.2, 0) is 11.2 Å². The minimum atomic E-state index is -0.0544. The van der Waals surface area contributed by atoms with Crippen LogP contribution in [0.4, 0.5) is 16.2 Å². The van der Waals surface area contributed by atoms with Gasteiger partial charge in [0.1, 0.15) is 6.29 Å². The number of nitrogens with one attached hydrogen (secondary N) is 3. The van der Waals surface area contributed by atoms with Crippen molar-refractivity contribution in [2.24, 2.45) is 0 Å². The van der Waals surface area contributed by atoms with Gasteiger partial charge in [-0.25, -0.2) is 4.79 Å². The van der Waals surface area contributed by atoms with Crippen LogP contribution in [0.1, 0.15) is 30.9 Å². The molecule has 1 unspecified atom stereocenters. The van der Waals surface area contributed by atoms with Crippen molar-refractivity contribution in [2.45, 2.75) is 39.2 Å². The van der Waals surface area contributed by atoms with Crippen molar-refractivity contribution in [2.75, 3.05) is 37.3 Å². The molecule has 0 aromatic heterocycles. The number of aryl methyl sites for hydroxylation is 2. The molecule has 3 N–H and O–H groups in total. The van der Waals surface area contributed by atoms with Gasteiger partial charge < -0.3 is 25.6 Å². The molecule has 0 aliphatic carbocycles. The lowest BCUT2D eigenvalue weighted by Gasteiger charge is -2.35. The van der Waals surface area contributed by atoms with E-state index in [2.05, 4.69) is 22.9 Å². The Kier molecular flexibility index (Phi) is 6.61. The Balaban J connectivity index is 2.17. The summed E-state index contributed by atoms with van der Waals surface area (Å²) in [7, 11) is 1.87. The molecule has 6 nitrogen and oxygen atoms in total. The van der Waals surface area contributed by atoms with E-state index in [1.807, 2.05) is 31.0 Å². The molecule has 24 heavy (non-hydrogen) atoms. The van der Waals surface area contributed by atoms with Crippen molar-refractivity contribution in [1.29, 1.82) is 0 Å². The van der Waals surface area contributed by atoms with Crippen LogP contribution in [0.25, 0.3) is 0 Å². The Labute approximate surface area is 144 Å². The molecule has 1 aromatic carbocycles. The zero-order valence-electron chi connectivity index (χ0n) is 14.8. The Hall–Kier alpha value is -2.08. The van der Waals surface area contributed by atoms with Crippen LogP contribution in [0, 0.1) is 6.92 Å². The van der Waals surface area contributed by atoms with E-state index in [0.717, 1.165) is 54.8 Å². The fourth-order valence-electron chi connectivity index (χ4n) is 3.29. The zero-order valence-corrected chi connectivity index (χ0v) is 14.8. The number of aldehydes is 1. The quantitative estimate of drug-likeness (QED) is 0.699. The van der Waals surface area contributed by atoms with Crippen molar-refractivity contribution >= 4 is 23.7 Å². The van der Waals surface area contributed by atoms with Crippen molar-refractivity contribution in [3.63, 3.8) is 0 Å². The number of carbonyl (C=O) groups excluding carboxylic acids is 2. The molecular weight excluding hydrogens is 304 g/mol. The van der Waals surface area contributed by atoms with Gasteiger partial charge in [-0.2, -0.15) is 0 Å². The summed E-state index contributed by atoms with van der Waals surface area (Å²) in [4.78, 5) is 25.2. The average Bonchev–Trinajstić information content (AvgIpc) is 2.59. The van der Waals surface area contributed by atoms with Gasteiger partial charge >= 0.3 is 6.03 Å². The first kappa shape index (κ1) is 18.3. The maximum Gasteiger partial charge on any atom is 0.322 e. The van der Waals surface area contributed by atoms with Crippen molar-refractivity contribution in [3.05, 3.63) is 23.3 Å². The largest absolute Gasteiger partial charge is 0.388 e. The molecule has 132 valence electrons. The lowest BCUT2D eigenvalue weighted by molar-refractivity contribution is -0.107. The molecule has 6 heteroatoms. The minimum Gasteiger partial charge on any atom is -0.388 e. The van der Waals surface area contributed by atoms with E-state index >= 15 is 0 Å². The summed E-state index contributed by atoms with van der Waals surface area (Å²) in [5.74, 6) is 0. The second kappa shape index (κ2) is 8.68. The second-order valence-electron chi connectivity index (χ2n) is 6.17. The topological polar surface area (TPSA) is 73.5 Å². The highest BCUT2D eigenvalue weighted by Crippen LogP contribution is 2.26. The molecule has 0 radical (unpaired) electrons. The lowest BCUT2D eigenvalue weighted by Crippen LogP contribution is -2.54. The number of anilines is 2. The maximum atomic E-state index is 12.6. The average molecular weight is 332 g/mol. The summed E-state index contributed by atoms with van der Waals surface area (Å²) in [5, 5.41) is 9.54. The normalized spacial score (nSPS) is 17.5. The van der Waals surface area contributed by atoms with Crippen LogP contribution in [0.3, 0.4) is 0 Å². The Bertz CT molecular complexity index is 589. The molecule has 1 heterocycles. The number of hydrogen-bond donors (Lipinski definition) is 3. The van der Waals surface area contributed by atoms with E-state index in [0.29, 0.717) is 12.8 Å². The number of nitrogens with zero attached hydrogens (tertiary/aromatic N) is 1. The van der Waals surface area contributed by atoms with E-state index in [9.17, 15) is 9.59 Å². The molecule has 0 bridgehead atoms. The predicted octanol–water partition coefficient (Wildman–Crippen LogP) is 2.38. The molecule has 2 rings (SSSR count). The molecule has 1 fully saturated rings. The van der Waals surface area contributed by atoms with Gasteiger partial charge in [0, 0.05) is 50.5 Å². The van der Waals surface area contributed by atoms with Crippen molar-refractivity contribution < 1.29 is 9.59 Å². The summed E-state index contributed by atoms with van der Waals surface area (Å²) in [5.41, 5.74) is 3.92. The van der Waals surface area contributed by atoms with Gasteiger partial charge in [0.15, 0.2) is 0 Å². The SMILES string of the molecule is CCC1CNCCN1C(=O)Nc1cc(C)c(NC)c(CCC=O)c1. The third-order valence-electron chi connectivity index (χ3n) is 4.53. The van der Waals surface area contributed by atoms with E-state index in [1.54, 1.807) is 0 Å². The monoisotopic (exact) mass is 332 g/mol. The van der Waals surface area contributed by atoms with E-state index in [4.69, 9.17) is 0 Å². The minimum absolute atomic E-state index is 0.0544. The summed E-state index contributed by atoms with van der Waals surface area (Å²) < 4.78 is 0.